The number of anilines is 1. The maximum absolute atomic E-state index is 12.9. The van der Waals surface area contributed by atoms with Crippen molar-refractivity contribution >= 4 is 17.7 Å². The maximum atomic E-state index is 12.9. The van der Waals surface area contributed by atoms with E-state index in [-0.39, 0.29) is 11.2 Å². The highest BCUT2D eigenvalue weighted by Gasteiger charge is 2.19. The van der Waals surface area contributed by atoms with Gasteiger partial charge in [-0.25, -0.2) is 4.68 Å². The van der Waals surface area contributed by atoms with Crippen molar-refractivity contribution in [3.8, 4) is 22.9 Å². The highest BCUT2D eigenvalue weighted by molar-refractivity contribution is 6.02. The van der Waals surface area contributed by atoms with Crippen LogP contribution in [0.1, 0.15) is 11.3 Å². The molecule has 1 aromatic heterocycles. The molecule has 2 aromatic carbocycles. The molecule has 0 saturated heterocycles. The first-order valence-corrected chi connectivity index (χ1v) is 9.80. The van der Waals surface area contributed by atoms with Gasteiger partial charge in [-0.15, -0.1) is 0 Å². The Labute approximate surface area is 179 Å². The van der Waals surface area contributed by atoms with E-state index in [1.807, 2.05) is 30.3 Å². The fraction of sp³-hybridized carbons (Fsp3) is 0.217. The molecule has 0 fully saturated rings. The number of ether oxygens (including phenoxy) is 3. The Hall–Kier alpha value is -3.94. The molecule has 3 aromatic rings. The molecule has 0 saturated carbocycles. The zero-order chi connectivity index (χ0) is 22.0. The molecular formula is C23H23N3O5. The Morgan fingerprint density at radius 3 is 2.65 bits per heavy atom. The van der Waals surface area contributed by atoms with Crippen LogP contribution >= 0.6 is 0 Å². The summed E-state index contributed by atoms with van der Waals surface area (Å²) in [6, 6.07) is 12.8. The summed E-state index contributed by atoms with van der Waals surface area (Å²) in [4.78, 5) is 25.5. The van der Waals surface area contributed by atoms with Gasteiger partial charge in [0.25, 0.3) is 5.56 Å². The van der Waals surface area contributed by atoms with E-state index in [0.29, 0.717) is 41.7 Å². The first-order valence-electron chi connectivity index (χ1n) is 9.80. The number of methoxy groups -OCH3 is 1. The van der Waals surface area contributed by atoms with Crippen LogP contribution in [0.5, 0.6) is 17.2 Å². The van der Waals surface area contributed by atoms with Crippen LogP contribution < -0.4 is 25.1 Å². The maximum Gasteiger partial charge on any atom is 0.295 e. The van der Waals surface area contributed by atoms with Gasteiger partial charge in [-0.2, -0.15) is 0 Å². The summed E-state index contributed by atoms with van der Waals surface area (Å²) in [5.74, 6) is 1.23. The quantitative estimate of drug-likeness (QED) is 0.641. The van der Waals surface area contributed by atoms with Gasteiger partial charge in [0.15, 0.2) is 11.5 Å². The average molecular weight is 421 g/mol. The highest BCUT2D eigenvalue weighted by Crippen LogP contribution is 2.40. The van der Waals surface area contributed by atoms with Gasteiger partial charge < -0.3 is 19.5 Å². The van der Waals surface area contributed by atoms with E-state index < -0.39 is 5.91 Å². The summed E-state index contributed by atoms with van der Waals surface area (Å²) < 4.78 is 19.8. The minimum Gasteiger partial charge on any atom is -0.493 e. The molecule has 0 bridgehead atoms. The molecule has 0 unspecified atom stereocenters. The summed E-state index contributed by atoms with van der Waals surface area (Å²) in [6.07, 6.45) is 2.99. The molecule has 1 aliphatic rings. The number of nitrogens with one attached hydrogen (secondary N) is 1. The minimum absolute atomic E-state index is 0.237. The van der Waals surface area contributed by atoms with Crippen LogP contribution in [0.3, 0.4) is 0 Å². The van der Waals surface area contributed by atoms with Crippen molar-refractivity contribution in [2.75, 3.05) is 25.6 Å². The number of rotatable bonds is 5. The van der Waals surface area contributed by atoms with Crippen molar-refractivity contribution in [1.29, 1.82) is 0 Å². The zero-order valence-corrected chi connectivity index (χ0v) is 17.5. The number of para-hydroxylation sites is 1. The minimum atomic E-state index is -0.417. The lowest BCUT2D eigenvalue weighted by atomic mass is 10.1. The van der Waals surface area contributed by atoms with Gasteiger partial charge >= 0.3 is 0 Å². The first-order chi connectivity index (χ1) is 15.0. The van der Waals surface area contributed by atoms with Gasteiger partial charge in [0.2, 0.25) is 11.7 Å². The molecular weight excluding hydrogens is 398 g/mol. The van der Waals surface area contributed by atoms with Crippen LogP contribution in [0.15, 0.2) is 53.3 Å². The zero-order valence-electron chi connectivity index (χ0n) is 17.5. The Balaban J connectivity index is 1.58. The number of hydrogen-bond donors (Lipinski definition) is 1. The van der Waals surface area contributed by atoms with Crippen LogP contribution in [0.25, 0.3) is 11.8 Å². The van der Waals surface area contributed by atoms with Crippen molar-refractivity contribution < 1.29 is 19.0 Å². The fourth-order valence-electron chi connectivity index (χ4n) is 3.44. The molecule has 160 valence electrons. The van der Waals surface area contributed by atoms with Crippen molar-refractivity contribution in [2.24, 2.45) is 7.05 Å². The third-order valence-corrected chi connectivity index (χ3v) is 5.08. The van der Waals surface area contributed by atoms with E-state index in [1.54, 1.807) is 44.0 Å². The van der Waals surface area contributed by atoms with Gasteiger partial charge in [0.1, 0.15) is 18.9 Å². The summed E-state index contributed by atoms with van der Waals surface area (Å²) in [5.41, 5.74) is 2.02. The molecule has 1 N–H and O–H groups in total. The summed E-state index contributed by atoms with van der Waals surface area (Å²) in [6.45, 7) is 2.69. The Bertz CT molecular complexity index is 1190. The number of aromatic nitrogens is 2. The molecule has 8 nitrogen and oxygen atoms in total. The second kappa shape index (κ2) is 8.43. The molecule has 0 aliphatic carbocycles. The molecule has 1 amide bonds. The third-order valence-electron chi connectivity index (χ3n) is 5.08. The predicted octanol–water partition coefficient (Wildman–Crippen LogP) is 2.92. The standard InChI is InChI=1S/C23H23N3O5/c1-15-21(23(28)26(25(15)2)17-7-5-4-6-8-17)24-20(27)10-9-16-13-18(29-3)22-19(14-16)30-11-12-31-22/h4-10,13-14H,11-12H2,1-3H3,(H,24,27). The van der Waals surface area contributed by atoms with Gasteiger partial charge in [-0.3, -0.25) is 14.3 Å². The third kappa shape index (κ3) is 3.92. The number of carbonyl (C=O) groups is 1. The first kappa shape index (κ1) is 20.3. The van der Waals surface area contributed by atoms with Gasteiger partial charge in [0.05, 0.1) is 18.5 Å². The molecule has 1 aliphatic heterocycles. The molecule has 31 heavy (non-hydrogen) atoms. The fourth-order valence-corrected chi connectivity index (χ4v) is 3.44. The van der Waals surface area contributed by atoms with E-state index in [0.717, 1.165) is 5.69 Å². The molecule has 0 radical (unpaired) electrons. The topological polar surface area (TPSA) is 83.7 Å². The van der Waals surface area contributed by atoms with Crippen LogP contribution in [0.2, 0.25) is 0 Å². The van der Waals surface area contributed by atoms with Crippen molar-refractivity contribution in [3.63, 3.8) is 0 Å². The van der Waals surface area contributed by atoms with Crippen LogP contribution in [-0.4, -0.2) is 35.6 Å². The Morgan fingerprint density at radius 1 is 1.16 bits per heavy atom. The second-order valence-corrected chi connectivity index (χ2v) is 7.01. The normalized spacial score (nSPS) is 12.7. The summed E-state index contributed by atoms with van der Waals surface area (Å²) >= 11 is 0. The molecule has 4 rings (SSSR count). The SMILES string of the molecule is COc1cc(C=CC(=O)Nc2c(C)n(C)n(-c3ccccc3)c2=O)cc2c1OCCO2. The van der Waals surface area contributed by atoms with E-state index in [4.69, 9.17) is 14.2 Å². The highest BCUT2D eigenvalue weighted by atomic mass is 16.6. The smallest absolute Gasteiger partial charge is 0.295 e. The number of benzene rings is 2. The molecule has 2 heterocycles. The van der Waals surface area contributed by atoms with Crippen molar-refractivity contribution in [3.05, 3.63) is 70.2 Å². The van der Waals surface area contributed by atoms with E-state index in [9.17, 15) is 9.59 Å². The monoisotopic (exact) mass is 421 g/mol. The van der Waals surface area contributed by atoms with Gasteiger partial charge in [-0.05, 0) is 42.8 Å². The van der Waals surface area contributed by atoms with Crippen LogP contribution in [-0.2, 0) is 11.8 Å². The molecule has 8 heteroatoms. The number of amides is 1. The summed E-state index contributed by atoms with van der Waals surface area (Å²) in [7, 11) is 3.32. The number of nitrogens with zero attached hydrogens (tertiary/aromatic N) is 2. The lowest BCUT2D eigenvalue weighted by Crippen LogP contribution is -2.22. The van der Waals surface area contributed by atoms with Crippen LogP contribution in [0, 0.1) is 6.92 Å². The average Bonchev–Trinajstić information content (AvgIpc) is 3.00. The Kier molecular flexibility index (Phi) is 5.53. The number of fused-ring (bicyclic) bond motifs is 1. The number of hydrogen-bond acceptors (Lipinski definition) is 5. The number of carbonyl (C=O) groups excluding carboxylic acids is 1. The largest absolute Gasteiger partial charge is 0.493 e. The predicted molar refractivity (Wildman–Crippen MR) is 117 cm³/mol. The second-order valence-electron chi connectivity index (χ2n) is 7.01. The molecule has 0 atom stereocenters. The van der Waals surface area contributed by atoms with Gasteiger partial charge in [0, 0.05) is 13.1 Å². The van der Waals surface area contributed by atoms with E-state index in [1.165, 1.54) is 10.8 Å². The lowest BCUT2D eigenvalue weighted by molar-refractivity contribution is -0.111. The van der Waals surface area contributed by atoms with Crippen molar-refractivity contribution in [2.45, 2.75) is 6.92 Å². The van der Waals surface area contributed by atoms with E-state index >= 15 is 0 Å². The Morgan fingerprint density at radius 2 is 1.90 bits per heavy atom. The van der Waals surface area contributed by atoms with Crippen molar-refractivity contribution in [1.82, 2.24) is 9.36 Å². The van der Waals surface area contributed by atoms with Crippen LogP contribution in [0.4, 0.5) is 5.69 Å². The molecule has 0 spiro atoms. The lowest BCUT2D eigenvalue weighted by Gasteiger charge is -2.20. The van der Waals surface area contributed by atoms with E-state index in [2.05, 4.69) is 5.32 Å². The summed E-state index contributed by atoms with van der Waals surface area (Å²) in [5, 5.41) is 2.70. The van der Waals surface area contributed by atoms with Gasteiger partial charge in [-0.1, -0.05) is 18.2 Å².